The largest absolute Gasteiger partial charge is 0.506 e. The fourth-order valence-electron chi connectivity index (χ4n) is 7.55. The predicted molar refractivity (Wildman–Crippen MR) is 359 cm³/mol. The number of rotatable bonds is 28. The molecule has 0 aliphatic rings. The summed E-state index contributed by atoms with van der Waals surface area (Å²) in [6.07, 6.45) is 16.3. The van der Waals surface area contributed by atoms with Crippen LogP contribution in [0, 0.1) is 10.5 Å². The van der Waals surface area contributed by atoms with Crippen molar-refractivity contribution in [1.82, 2.24) is 45.9 Å². The lowest BCUT2D eigenvalue weighted by Gasteiger charge is -2.15. The molecule has 6 aromatic rings. The number of aromatic hydroxyl groups is 3. The zero-order valence-electron chi connectivity index (χ0n) is 51.9. The number of benzene rings is 2. The number of hydrazone groups is 1. The number of Topliss-reactive ketones (excluding diaryl/α,β-unsaturated/α-hetero) is 1. The molecule has 0 spiro atoms. The highest BCUT2D eigenvalue weighted by Gasteiger charge is 2.16. The second kappa shape index (κ2) is 49.3. The number of aliphatic hydroxyl groups is 1. The molecule has 0 saturated heterocycles. The number of ketones is 1. The number of unbranched alkanes of at least 4 members (excludes halogenated alkanes) is 7. The van der Waals surface area contributed by atoms with Crippen molar-refractivity contribution in [2.75, 3.05) is 32.7 Å². The molecule has 1 unspecified atom stereocenters. The monoisotopic (exact) mass is 1510 g/mol. The maximum atomic E-state index is 12.0. The number of hydroxylamine groups is 6. The number of nitrogens with two attached hydrogens (primary N) is 1. The molecule has 5 amide bonds. The number of fused-ring (bicyclic) bond motifs is 2. The number of amides is 5. The van der Waals surface area contributed by atoms with Gasteiger partial charge in [-0.25, -0.2) is 20.6 Å². The Hall–Kier alpha value is -6.48. The fourth-order valence-corrected chi connectivity index (χ4v) is 8.56. The molecule has 6 rings (SSSR count). The molecule has 1 atom stereocenters. The van der Waals surface area contributed by atoms with Gasteiger partial charge < -0.3 is 37.0 Å². The number of carbonyl (C=O) groups is 6. The van der Waals surface area contributed by atoms with Crippen molar-refractivity contribution in [3.63, 3.8) is 0 Å². The predicted octanol–water partition coefficient (Wildman–Crippen LogP) is 9.22. The SMILES string of the molecule is CC(=O)N(O)CCCCCNC(=O)CCC(=O)N(O)CCCCCCC(=O)CCC(=O)N(O)CCCCCN.Cc1ncc(CO)c(/C=N/NC(=O)c2ccncc2)c1O.O.Oc1c(I)cc(Cl)c2cccnc12.Oc1cccc2cccnc12.PI.[2H]C.[2H]F. The van der Waals surface area contributed by atoms with Gasteiger partial charge in [0.15, 0.2) is 5.75 Å². The van der Waals surface area contributed by atoms with Crippen LogP contribution in [0.25, 0.3) is 21.8 Å². The van der Waals surface area contributed by atoms with Crippen LogP contribution < -0.4 is 16.5 Å². The Bertz CT molecular complexity index is 3110. The average Bonchev–Trinajstić information content (AvgIpc) is 1.33. The van der Waals surface area contributed by atoms with Gasteiger partial charge >= 0.3 is 0 Å². The Morgan fingerprint density at radius 2 is 1.30 bits per heavy atom. The molecule has 2 aromatic carbocycles. The first-order valence-corrected chi connectivity index (χ1v) is 33.0. The molecule has 4 heterocycles. The van der Waals surface area contributed by atoms with Crippen molar-refractivity contribution in [1.29, 1.82) is 1.45 Å². The number of halogens is 4. The van der Waals surface area contributed by atoms with E-state index in [9.17, 15) is 64.8 Å². The van der Waals surface area contributed by atoms with E-state index in [1.807, 2.05) is 46.9 Å². The summed E-state index contributed by atoms with van der Waals surface area (Å²) in [4.78, 5) is 86.1. The number of aryl methyl sites for hydroxylation is 1. The standard InChI is InChI=1S/C26H49N5O8.C14H14N4O3.C9H5ClINO.C9H7NO.CH4.FH.H2IP.H2O/c1-22(32)29(37)19-11-5-8-18-28-24(34)14-16-26(36)31(39)20-9-3-2-6-12-23(33)13-15-25(35)30(38)21-10-4-7-17-27;1-9-13(20)12(11(8-19)6-16-9)7-17-18-14(21)10-2-4-15-5-3-10;10-6-4-7(11)9(13)8-5(6)2-1-3-12-8;11-8-5-1-3-7-4-2-6-10-9(7)8;;;1-2;/h37-39H,2-21,27H2,1H3,(H,28,34);2-7,19-20H,8H2,1H3,(H,18,21);1-4,13H;1-6,11H;1H4;1H;2H2;1H2/b;17-7+;;;;;;/i;;;;1D;;;/hD. The molecule has 0 aliphatic carbocycles. The maximum Gasteiger partial charge on any atom is 0.271 e. The first kappa shape index (κ1) is 80.5. The fraction of sp³-hybridized carbons (Fsp3) is 0.407. The van der Waals surface area contributed by atoms with Gasteiger partial charge in [-0.1, -0.05) is 85.4 Å². The van der Waals surface area contributed by atoms with Gasteiger partial charge in [-0.2, -0.15) is 5.10 Å². The van der Waals surface area contributed by atoms with E-state index in [-0.39, 0.29) is 86.3 Å². The third kappa shape index (κ3) is 33.2. The zero-order valence-corrected chi connectivity index (χ0v) is 56.1. The summed E-state index contributed by atoms with van der Waals surface area (Å²) in [5.41, 5.74) is 10.5. The quantitative estimate of drug-likeness (QED) is 0.00546. The molecule has 4 aromatic heterocycles. The number of hydrogen-bond donors (Lipinski definition) is 10. The lowest BCUT2D eigenvalue weighted by molar-refractivity contribution is -0.166. The Kier molecular flexibility index (Phi) is 44.6. The molecule has 492 valence electrons. The van der Waals surface area contributed by atoms with Crippen LogP contribution in [-0.4, -0.2) is 152 Å². The van der Waals surface area contributed by atoms with Gasteiger partial charge in [0.2, 0.25) is 23.6 Å². The summed E-state index contributed by atoms with van der Waals surface area (Å²) in [7, 11) is 1.25. The number of nitrogens with one attached hydrogen (secondary N) is 2. The van der Waals surface area contributed by atoms with Crippen molar-refractivity contribution in [2.24, 2.45) is 10.8 Å². The normalized spacial score (nSPS) is 10.3. The number of hydrogen-bond acceptors (Lipinski definition) is 19. The summed E-state index contributed by atoms with van der Waals surface area (Å²) < 4.78 is 19.5. The molecule has 30 heteroatoms. The van der Waals surface area contributed by atoms with Gasteiger partial charge in [-0.05, 0) is 123 Å². The number of phenols is 2. The molecule has 0 radical (unpaired) electrons. The summed E-state index contributed by atoms with van der Waals surface area (Å²) in [5.74, 6) is -1.78. The summed E-state index contributed by atoms with van der Waals surface area (Å²) >= 11 is 10.1. The molecule has 0 saturated carbocycles. The molecule has 0 bridgehead atoms. The van der Waals surface area contributed by atoms with E-state index < -0.39 is 23.6 Å². The Morgan fingerprint density at radius 3 is 1.91 bits per heavy atom. The van der Waals surface area contributed by atoms with Crippen LogP contribution in [0.2, 0.25) is 5.02 Å². The van der Waals surface area contributed by atoms with Crippen molar-refractivity contribution >= 4 is 126 Å². The number of carbonyl (C=O) groups excluding carboxylic acids is 6. The third-order valence-electron chi connectivity index (χ3n) is 12.4. The number of phenolic OH excluding ortho intramolecular Hbond substituents is 2. The average molecular weight is 1510 g/mol. The number of para-hydroxylation sites is 1. The minimum atomic E-state index is -0.533. The molecule has 89 heavy (non-hydrogen) atoms. The van der Waals surface area contributed by atoms with Gasteiger partial charge in [0.1, 0.15) is 28.3 Å². The number of aliphatic hydroxyl groups excluding tert-OH is 1. The Morgan fingerprint density at radius 1 is 0.742 bits per heavy atom. The maximum absolute atomic E-state index is 12.0. The lowest BCUT2D eigenvalue weighted by atomic mass is 10.1. The van der Waals surface area contributed by atoms with E-state index in [2.05, 4.69) is 66.2 Å². The number of pyridine rings is 4. The van der Waals surface area contributed by atoms with E-state index in [1.54, 1.807) is 55.7 Å². The molecule has 0 aliphatic heterocycles. The zero-order chi connectivity index (χ0) is 67.8. The van der Waals surface area contributed by atoms with Crippen LogP contribution in [0.1, 0.15) is 139 Å². The van der Waals surface area contributed by atoms with E-state index in [1.165, 1.54) is 39.1 Å². The van der Waals surface area contributed by atoms with Gasteiger partial charge in [0, 0.05) is 125 Å². The van der Waals surface area contributed by atoms with Crippen molar-refractivity contribution in [3.8, 4) is 17.2 Å². The Balaban J connectivity index is 0. The highest BCUT2D eigenvalue weighted by molar-refractivity contribution is 14.2. The Labute approximate surface area is 554 Å². The second-order valence-electron chi connectivity index (χ2n) is 18.8. The van der Waals surface area contributed by atoms with Gasteiger partial charge in [0.25, 0.3) is 7.36 Å². The van der Waals surface area contributed by atoms with Gasteiger partial charge in [-0.15, -0.1) is 0 Å². The lowest BCUT2D eigenvalue weighted by Crippen LogP contribution is -2.31. The van der Waals surface area contributed by atoms with Crippen LogP contribution in [0.3, 0.4) is 0 Å². The smallest absolute Gasteiger partial charge is 0.271 e. The minimum absolute atomic E-state index is 0. The summed E-state index contributed by atoms with van der Waals surface area (Å²) in [6.45, 7) is 6.62. The molecule has 0 fully saturated rings. The number of nitrogens with zero attached hydrogens (tertiary/aromatic N) is 8. The highest BCUT2D eigenvalue weighted by Crippen LogP contribution is 2.33. The third-order valence-corrected chi connectivity index (χ3v) is 13.5. The summed E-state index contributed by atoms with van der Waals surface area (Å²) in [5, 5.41) is 77.7. The van der Waals surface area contributed by atoms with Crippen LogP contribution in [0.5, 0.6) is 17.2 Å². The first-order chi connectivity index (χ1) is 43.3. The first-order valence-electron chi connectivity index (χ1n) is 28.8. The van der Waals surface area contributed by atoms with E-state index in [0.29, 0.717) is 115 Å². The van der Waals surface area contributed by atoms with Crippen LogP contribution in [0.15, 0.2) is 96.7 Å². The molecule has 25 nitrogen and oxygen atoms in total. The van der Waals surface area contributed by atoms with Crippen molar-refractivity contribution in [2.45, 2.75) is 124 Å². The van der Waals surface area contributed by atoms with Crippen LogP contribution >= 0.6 is 63.1 Å². The van der Waals surface area contributed by atoms with Crippen molar-refractivity contribution in [3.05, 3.63) is 123 Å². The highest BCUT2D eigenvalue weighted by atomic mass is 127. The minimum Gasteiger partial charge on any atom is -0.506 e. The topological polar surface area (TPSA) is 399 Å². The second-order valence-corrected chi connectivity index (χ2v) is 20.4. The van der Waals surface area contributed by atoms with Crippen LogP contribution in [0.4, 0.5) is 4.72 Å². The van der Waals surface area contributed by atoms with E-state index in [4.69, 9.17) is 23.4 Å². The van der Waals surface area contributed by atoms with Gasteiger partial charge in [0.05, 0.1) is 27.1 Å². The van der Waals surface area contributed by atoms with E-state index in [0.717, 1.165) is 36.5 Å². The number of aromatic nitrogens is 4. The van der Waals surface area contributed by atoms with E-state index >= 15 is 0 Å². The van der Waals surface area contributed by atoms with Gasteiger partial charge in [-0.3, -0.25) is 69.0 Å². The summed E-state index contributed by atoms with van der Waals surface area (Å²) in [6, 6.07) is 17.6. The van der Waals surface area contributed by atoms with Crippen molar-refractivity contribution < 1.29 is 76.4 Å². The molecule has 13 N–H and O–H groups in total. The molecular weight excluding hydrogens is 1430 g/mol. The molecular formula is C59H84ClFI2N11O14P. The van der Waals surface area contributed by atoms with Crippen LogP contribution in [-0.2, 0) is 30.6 Å².